The third-order valence-corrected chi connectivity index (χ3v) is 4.80. The zero-order valence-electron chi connectivity index (χ0n) is 13.8. The summed E-state index contributed by atoms with van der Waals surface area (Å²) in [5.74, 6) is -0.0151. The topological polar surface area (TPSA) is 71.5 Å². The van der Waals surface area contributed by atoms with Gasteiger partial charge in [0.1, 0.15) is 5.75 Å². The van der Waals surface area contributed by atoms with Gasteiger partial charge in [-0.05, 0) is 31.5 Å². The molecule has 0 spiro atoms. The molecule has 1 unspecified atom stereocenters. The molecule has 2 heterocycles. The fraction of sp³-hybridized carbons (Fsp3) is 0.353. The van der Waals surface area contributed by atoms with Crippen LogP contribution in [0.2, 0.25) is 0 Å². The molecule has 1 N–H and O–H groups in total. The second-order valence-electron chi connectivity index (χ2n) is 5.85. The highest BCUT2D eigenvalue weighted by atomic mass is 32.1. The van der Waals surface area contributed by atoms with Crippen molar-refractivity contribution >= 4 is 34.0 Å². The van der Waals surface area contributed by atoms with Gasteiger partial charge in [-0.1, -0.05) is 6.07 Å². The van der Waals surface area contributed by atoms with Crippen LogP contribution in [-0.4, -0.2) is 30.5 Å². The summed E-state index contributed by atoms with van der Waals surface area (Å²) in [5.41, 5.74) is 1.74. The summed E-state index contributed by atoms with van der Waals surface area (Å²) in [6.07, 6.45) is 1.90. The highest BCUT2D eigenvalue weighted by Gasteiger charge is 2.36. The first-order valence-corrected chi connectivity index (χ1v) is 8.48. The number of carbonyl (C=O) groups is 2. The average Bonchev–Trinajstić information content (AvgIpc) is 3.13. The molecule has 0 aliphatic carbocycles. The predicted molar refractivity (Wildman–Crippen MR) is 93.7 cm³/mol. The summed E-state index contributed by atoms with van der Waals surface area (Å²) in [7, 11) is 1.57. The molecule has 1 atom stereocenters. The van der Waals surface area contributed by atoms with E-state index in [9.17, 15) is 9.59 Å². The Balaban J connectivity index is 1.76. The van der Waals surface area contributed by atoms with Crippen molar-refractivity contribution in [1.82, 2.24) is 4.98 Å². The highest BCUT2D eigenvalue weighted by Crippen LogP contribution is 2.34. The Bertz CT molecular complexity index is 787. The minimum atomic E-state index is -0.396. The molecule has 2 aromatic rings. The molecule has 7 heteroatoms. The van der Waals surface area contributed by atoms with E-state index in [1.807, 2.05) is 32.0 Å². The van der Waals surface area contributed by atoms with Gasteiger partial charge in [0.05, 0.1) is 18.7 Å². The van der Waals surface area contributed by atoms with Crippen molar-refractivity contribution < 1.29 is 14.3 Å². The zero-order valence-corrected chi connectivity index (χ0v) is 14.6. The summed E-state index contributed by atoms with van der Waals surface area (Å²) in [5, 5.41) is 3.36. The number of hydrogen-bond donors (Lipinski definition) is 1. The molecular weight excluding hydrogens is 326 g/mol. The molecule has 1 aliphatic rings. The van der Waals surface area contributed by atoms with Crippen LogP contribution in [0.5, 0.6) is 5.75 Å². The van der Waals surface area contributed by atoms with Gasteiger partial charge in [-0.3, -0.25) is 9.59 Å². The van der Waals surface area contributed by atoms with Gasteiger partial charge in [-0.2, -0.15) is 0 Å². The summed E-state index contributed by atoms with van der Waals surface area (Å²) in [6.45, 7) is 4.23. The number of anilines is 2. The van der Waals surface area contributed by atoms with Crippen LogP contribution in [0.25, 0.3) is 0 Å². The number of rotatable bonds is 4. The maximum Gasteiger partial charge on any atom is 0.231 e. The number of aromatic nitrogens is 1. The lowest BCUT2D eigenvalue weighted by atomic mass is 10.1. The van der Waals surface area contributed by atoms with Gasteiger partial charge in [-0.15, -0.1) is 11.3 Å². The average molecular weight is 345 g/mol. The summed E-state index contributed by atoms with van der Waals surface area (Å²) in [6, 6.07) is 5.67. The molecule has 1 aromatic carbocycles. The van der Waals surface area contributed by atoms with Gasteiger partial charge < -0.3 is 15.0 Å². The van der Waals surface area contributed by atoms with Crippen LogP contribution in [-0.2, 0) is 9.59 Å². The fourth-order valence-corrected chi connectivity index (χ4v) is 3.41. The Morgan fingerprint density at radius 1 is 1.42 bits per heavy atom. The number of aryl methyl sites for hydroxylation is 2. The number of carbonyl (C=O) groups excluding carboxylic acids is 2. The predicted octanol–water partition coefficient (Wildman–Crippen LogP) is 2.76. The van der Waals surface area contributed by atoms with E-state index in [-0.39, 0.29) is 18.2 Å². The molecule has 1 aromatic heterocycles. The summed E-state index contributed by atoms with van der Waals surface area (Å²) < 4.78 is 5.35. The maximum atomic E-state index is 12.4. The molecule has 0 radical (unpaired) electrons. The molecule has 0 saturated carbocycles. The Morgan fingerprint density at radius 2 is 2.21 bits per heavy atom. The van der Waals surface area contributed by atoms with Gasteiger partial charge in [0.15, 0.2) is 5.13 Å². The molecule has 3 rings (SSSR count). The lowest BCUT2D eigenvalue weighted by Crippen LogP contribution is -2.28. The summed E-state index contributed by atoms with van der Waals surface area (Å²) in [4.78, 5) is 31.6. The van der Waals surface area contributed by atoms with E-state index in [4.69, 9.17) is 4.74 Å². The fourth-order valence-electron chi connectivity index (χ4n) is 2.75. The van der Waals surface area contributed by atoms with E-state index in [2.05, 4.69) is 10.3 Å². The third kappa shape index (κ3) is 3.26. The number of nitrogens with zero attached hydrogens (tertiary/aromatic N) is 2. The second-order valence-corrected chi connectivity index (χ2v) is 7.08. The number of thiazole rings is 1. The normalized spacial score (nSPS) is 17.2. The standard InChI is InChI=1S/C17H19N3O3S/c1-10-4-5-14(23-3)13(6-10)20-9-12(7-15(20)21)16(22)19-17-18-8-11(2)24-17/h4-6,8,12H,7,9H2,1-3H3,(H,18,19,22). The Hall–Kier alpha value is -2.41. The molecule has 1 fully saturated rings. The van der Waals surface area contributed by atoms with E-state index in [1.54, 1.807) is 18.2 Å². The molecule has 1 aliphatic heterocycles. The molecule has 126 valence electrons. The molecule has 24 heavy (non-hydrogen) atoms. The van der Waals surface area contributed by atoms with E-state index in [1.165, 1.54) is 11.3 Å². The van der Waals surface area contributed by atoms with Crippen LogP contribution >= 0.6 is 11.3 Å². The van der Waals surface area contributed by atoms with Gasteiger partial charge in [-0.25, -0.2) is 4.98 Å². The molecular formula is C17H19N3O3S. The third-order valence-electron chi connectivity index (χ3n) is 3.97. The van der Waals surface area contributed by atoms with Crippen LogP contribution in [0.1, 0.15) is 16.9 Å². The van der Waals surface area contributed by atoms with Crippen molar-refractivity contribution in [1.29, 1.82) is 0 Å². The second kappa shape index (κ2) is 6.60. The number of benzene rings is 1. The van der Waals surface area contributed by atoms with Crippen LogP contribution in [0.15, 0.2) is 24.4 Å². The van der Waals surface area contributed by atoms with Crippen molar-refractivity contribution in [2.24, 2.45) is 5.92 Å². The van der Waals surface area contributed by atoms with Gasteiger partial charge in [0.25, 0.3) is 0 Å². The Kier molecular flexibility index (Phi) is 4.53. The van der Waals surface area contributed by atoms with Crippen LogP contribution in [0.3, 0.4) is 0 Å². The molecule has 1 saturated heterocycles. The number of hydrogen-bond acceptors (Lipinski definition) is 5. The van der Waals surface area contributed by atoms with Gasteiger partial charge in [0, 0.05) is 24.0 Å². The number of methoxy groups -OCH3 is 1. The lowest BCUT2D eigenvalue weighted by molar-refractivity contribution is -0.122. The van der Waals surface area contributed by atoms with Crippen molar-refractivity contribution in [3.05, 3.63) is 34.8 Å². The van der Waals surface area contributed by atoms with E-state index in [0.29, 0.717) is 23.1 Å². The Morgan fingerprint density at radius 3 is 2.88 bits per heavy atom. The van der Waals surface area contributed by atoms with Crippen molar-refractivity contribution in [2.45, 2.75) is 20.3 Å². The van der Waals surface area contributed by atoms with E-state index in [0.717, 1.165) is 10.4 Å². The first-order valence-electron chi connectivity index (χ1n) is 7.66. The smallest absolute Gasteiger partial charge is 0.231 e. The van der Waals surface area contributed by atoms with Crippen molar-refractivity contribution in [3.63, 3.8) is 0 Å². The first kappa shape index (κ1) is 16.4. The van der Waals surface area contributed by atoms with Crippen molar-refractivity contribution in [2.75, 3.05) is 23.9 Å². The number of ether oxygens (including phenoxy) is 1. The van der Waals surface area contributed by atoms with E-state index < -0.39 is 5.92 Å². The van der Waals surface area contributed by atoms with Gasteiger partial charge in [0.2, 0.25) is 11.8 Å². The van der Waals surface area contributed by atoms with Gasteiger partial charge >= 0.3 is 0 Å². The summed E-state index contributed by atoms with van der Waals surface area (Å²) >= 11 is 1.42. The Labute approximate surface area is 144 Å². The SMILES string of the molecule is COc1ccc(C)cc1N1CC(C(=O)Nc2ncc(C)s2)CC1=O. The molecule has 6 nitrogen and oxygen atoms in total. The minimum Gasteiger partial charge on any atom is -0.495 e. The van der Waals surface area contributed by atoms with Crippen LogP contribution in [0.4, 0.5) is 10.8 Å². The maximum absolute atomic E-state index is 12.4. The lowest BCUT2D eigenvalue weighted by Gasteiger charge is -2.20. The monoisotopic (exact) mass is 345 g/mol. The van der Waals surface area contributed by atoms with Crippen LogP contribution in [0, 0.1) is 19.8 Å². The minimum absolute atomic E-state index is 0.0747. The highest BCUT2D eigenvalue weighted by molar-refractivity contribution is 7.15. The molecule has 2 amide bonds. The molecule has 0 bridgehead atoms. The number of amides is 2. The van der Waals surface area contributed by atoms with Crippen molar-refractivity contribution in [3.8, 4) is 5.75 Å². The number of nitrogens with one attached hydrogen (secondary N) is 1. The first-order chi connectivity index (χ1) is 11.5. The quantitative estimate of drug-likeness (QED) is 0.925. The largest absolute Gasteiger partial charge is 0.495 e. The van der Waals surface area contributed by atoms with Crippen LogP contribution < -0.4 is 15.0 Å². The zero-order chi connectivity index (χ0) is 17.3. The van der Waals surface area contributed by atoms with E-state index >= 15 is 0 Å².